The van der Waals surface area contributed by atoms with Crippen molar-refractivity contribution >= 4 is 21.6 Å². The van der Waals surface area contributed by atoms with Crippen molar-refractivity contribution in [3.63, 3.8) is 0 Å². The van der Waals surface area contributed by atoms with Crippen LogP contribution in [0.25, 0.3) is 0 Å². The normalized spacial score (nSPS) is 18.9. The Hall–Kier alpha value is -0.540. The van der Waals surface area contributed by atoms with Crippen LogP contribution in [0.1, 0.15) is 38.2 Å². The zero-order valence-corrected chi connectivity index (χ0v) is 11.3. The Kier molecular flexibility index (Phi) is 3.55. The first-order valence-corrected chi connectivity index (χ1v) is 6.67. The maximum absolute atomic E-state index is 5.86. The Morgan fingerprint density at radius 3 is 2.69 bits per heavy atom. The Labute approximate surface area is 106 Å². The molecule has 16 heavy (non-hydrogen) atoms. The molecule has 0 radical (unpaired) electrons. The first-order valence-electron chi connectivity index (χ1n) is 5.88. The molecule has 3 heteroatoms. The lowest BCUT2D eigenvalue weighted by Crippen LogP contribution is -2.38. The highest BCUT2D eigenvalue weighted by molar-refractivity contribution is 9.10. The third kappa shape index (κ3) is 2.77. The number of halogens is 1. The summed E-state index contributed by atoms with van der Waals surface area (Å²) in [6, 6.07) is 6.17. The molecule has 1 aromatic rings. The molecule has 1 fully saturated rings. The number of nitrogen functional groups attached to an aromatic ring is 1. The fourth-order valence-corrected chi connectivity index (χ4v) is 2.60. The van der Waals surface area contributed by atoms with Gasteiger partial charge in [0.2, 0.25) is 0 Å². The summed E-state index contributed by atoms with van der Waals surface area (Å²) in [5, 5.41) is 3.65. The molecule has 3 N–H and O–H groups in total. The first kappa shape index (κ1) is 11.9. The zero-order valence-electron chi connectivity index (χ0n) is 9.72. The minimum absolute atomic E-state index is 0.335. The van der Waals surface area contributed by atoms with E-state index in [4.69, 9.17) is 5.73 Å². The Bertz CT molecular complexity index is 370. The van der Waals surface area contributed by atoms with Crippen molar-refractivity contribution < 1.29 is 0 Å². The van der Waals surface area contributed by atoms with Gasteiger partial charge in [0.25, 0.3) is 0 Å². The van der Waals surface area contributed by atoms with Gasteiger partial charge >= 0.3 is 0 Å². The number of nitrogens with two attached hydrogens (primary N) is 1. The van der Waals surface area contributed by atoms with Crippen LogP contribution in [0.4, 0.5) is 5.69 Å². The van der Waals surface area contributed by atoms with Crippen molar-refractivity contribution in [3.05, 3.63) is 28.2 Å². The molecule has 2 nitrogen and oxygen atoms in total. The standard InChI is InChI=1S/C13H19BrN2/c1-13(6-2-3-7-13)16-9-10-4-5-11(14)12(15)8-10/h4-5,8,16H,2-3,6-7,9,15H2,1H3. The van der Waals surface area contributed by atoms with Crippen molar-refractivity contribution in [1.29, 1.82) is 0 Å². The van der Waals surface area contributed by atoms with Gasteiger partial charge in [-0.25, -0.2) is 0 Å². The van der Waals surface area contributed by atoms with Gasteiger partial charge in [-0.2, -0.15) is 0 Å². The fourth-order valence-electron chi connectivity index (χ4n) is 2.35. The van der Waals surface area contributed by atoms with Gasteiger partial charge in [0.15, 0.2) is 0 Å². The molecule has 1 aliphatic carbocycles. The molecule has 2 rings (SSSR count). The summed E-state index contributed by atoms with van der Waals surface area (Å²) in [6.45, 7) is 3.23. The van der Waals surface area contributed by atoms with Gasteiger partial charge < -0.3 is 11.1 Å². The Balaban J connectivity index is 1.96. The highest BCUT2D eigenvalue weighted by Crippen LogP contribution is 2.29. The van der Waals surface area contributed by atoms with Crippen LogP contribution in [0.5, 0.6) is 0 Å². The number of nitrogens with one attached hydrogen (secondary N) is 1. The first-order chi connectivity index (χ1) is 7.59. The van der Waals surface area contributed by atoms with Crippen molar-refractivity contribution in [2.75, 3.05) is 5.73 Å². The smallest absolute Gasteiger partial charge is 0.0461 e. The summed E-state index contributed by atoms with van der Waals surface area (Å²) < 4.78 is 0.975. The summed E-state index contributed by atoms with van der Waals surface area (Å²) in [5.74, 6) is 0. The number of benzene rings is 1. The van der Waals surface area contributed by atoms with Gasteiger partial charge in [0.05, 0.1) is 0 Å². The average Bonchev–Trinajstić information content (AvgIpc) is 2.68. The van der Waals surface area contributed by atoms with Crippen molar-refractivity contribution in [3.8, 4) is 0 Å². The van der Waals surface area contributed by atoms with Crippen molar-refractivity contribution in [1.82, 2.24) is 5.32 Å². The third-order valence-corrected chi connectivity index (χ3v) is 4.21. The van der Waals surface area contributed by atoms with Crippen molar-refractivity contribution in [2.24, 2.45) is 0 Å². The van der Waals surface area contributed by atoms with E-state index in [1.165, 1.54) is 31.2 Å². The van der Waals surface area contributed by atoms with Crippen LogP contribution in [-0.4, -0.2) is 5.54 Å². The van der Waals surface area contributed by atoms with E-state index in [1.54, 1.807) is 0 Å². The summed E-state index contributed by atoms with van der Waals surface area (Å²) >= 11 is 3.41. The van der Waals surface area contributed by atoms with Gasteiger partial charge in [-0.05, 0) is 53.4 Å². The second-order valence-corrected chi connectivity index (χ2v) is 5.83. The molecular weight excluding hydrogens is 264 g/mol. The van der Waals surface area contributed by atoms with Crippen LogP contribution in [0.15, 0.2) is 22.7 Å². The largest absolute Gasteiger partial charge is 0.398 e. The molecule has 1 saturated carbocycles. The fraction of sp³-hybridized carbons (Fsp3) is 0.538. The van der Waals surface area contributed by atoms with Crippen LogP contribution in [0.3, 0.4) is 0 Å². The van der Waals surface area contributed by atoms with Crippen LogP contribution < -0.4 is 11.1 Å². The summed E-state index contributed by atoms with van der Waals surface area (Å²) in [7, 11) is 0. The Morgan fingerprint density at radius 2 is 2.06 bits per heavy atom. The minimum atomic E-state index is 0.335. The lowest BCUT2D eigenvalue weighted by atomic mass is 10.0. The molecule has 0 heterocycles. The van der Waals surface area contributed by atoms with Crippen LogP contribution in [-0.2, 0) is 6.54 Å². The second-order valence-electron chi connectivity index (χ2n) is 4.98. The van der Waals surface area contributed by atoms with E-state index in [2.05, 4.69) is 34.2 Å². The molecule has 0 amide bonds. The maximum Gasteiger partial charge on any atom is 0.0461 e. The van der Waals surface area contributed by atoms with Gasteiger partial charge in [-0.15, -0.1) is 0 Å². The molecule has 1 aliphatic rings. The number of hydrogen-bond acceptors (Lipinski definition) is 2. The van der Waals surface area contributed by atoms with Crippen LogP contribution in [0, 0.1) is 0 Å². The highest BCUT2D eigenvalue weighted by Gasteiger charge is 2.27. The van der Waals surface area contributed by atoms with E-state index in [0.717, 1.165) is 16.7 Å². The van der Waals surface area contributed by atoms with Gasteiger partial charge in [-0.3, -0.25) is 0 Å². The van der Waals surface area contributed by atoms with E-state index in [9.17, 15) is 0 Å². The molecule has 88 valence electrons. The highest BCUT2D eigenvalue weighted by atomic mass is 79.9. The van der Waals surface area contributed by atoms with E-state index in [-0.39, 0.29) is 0 Å². The second kappa shape index (κ2) is 4.76. The minimum Gasteiger partial charge on any atom is -0.398 e. The van der Waals surface area contributed by atoms with Gasteiger partial charge in [0, 0.05) is 22.2 Å². The summed E-state index contributed by atoms with van der Waals surface area (Å²) in [6.07, 6.45) is 5.29. The molecule has 0 aromatic heterocycles. The molecule has 0 aliphatic heterocycles. The monoisotopic (exact) mass is 282 g/mol. The molecular formula is C13H19BrN2. The van der Waals surface area contributed by atoms with E-state index >= 15 is 0 Å². The predicted octanol–water partition coefficient (Wildman–Crippen LogP) is 3.45. The predicted molar refractivity (Wildman–Crippen MR) is 72.3 cm³/mol. The number of rotatable bonds is 3. The molecule has 1 aromatic carbocycles. The van der Waals surface area contributed by atoms with E-state index in [1.807, 2.05) is 12.1 Å². The zero-order chi connectivity index (χ0) is 11.6. The molecule has 0 unspecified atom stereocenters. The average molecular weight is 283 g/mol. The van der Waals surface area contributed by atoms with Crippen LogP contribution in [0.2, 0.25) is 0 Å². The van der Waals surface area contributed by atoms with E-state index in [0.29, 0.717) is 5.54 Å². The quantitative estimate of drug-likeness (QED) is 0.834. The van der Waals surface area contributed by atoms with Crippen molar-refractivity contribution in [2.45, 2.75) is 44.7 Å². The SMILES string of the molecule is CC1(NCc2ccc(Br)c(N)c2)CCCC1. The van der Waals surface area contributed by atoms with Gasteiger partial charge in [0.1, 0.15) is 0 Å². The third-order valence-electron chi connectivity index (χ3n) is 3.49. The molecule has 0 spiro atoms. The Morgan fingerprint density at radius 1 is 1.38 bits per heavy atom. The summed E-state index contributed by atoms with van der Waals surface area (Å²) in [4.78, 5) is 0. The topological polar surface area (TPSA) is 38.0 Å². The van der Waals surface area contributed by atoms with Crippen LogP contribution >= 0.6 is 15.9 Å². The lowest BCUT2D eigenvalue weighted by molar-refractivity contribution is 0.363. The number of anilines is 1. The summed E-state index contributed by atoms with van der Waals surface area (Å²) in [5.41, 5.74) is 8.27. The molecule has 0 bridgehead atoms. The number of hydrogen-bond donors (Lipinski definition) is 2. The molecule has 0 saturated heterocycles. The van der Waals surface area contributed by atoms with E-state index < -0.39 is 0 Å². The maximum atomic E-state index is 5.86. The molecule has 0 atom stereocenters. The lowest BCUT2D eigenvalue weighted by Gasteiger charge is -2.25. The van der Waals surface area contributed by atoms with Gasteiger partial charge in [-0.1, -0.05) is 18.9 Å².